The number of methoxy groups -OCH3 is 1. The maximum absolute atomic E-state index is 10.8. The van der Waals surface area contributed by atoms with Gasteiger partial charge in [-0.05, 0) is 12.8 Å². The zero-order valence-electron chi connectivity index (χ0n) is 6.16. The third-order valence-electron chi connectivity index (χ3n) is 1.70. The van der Waals surface area contributed by atoms with E-state index in [1.165, 1.54) is 7.11 Å². The van der Waals surface area contributed by atoms with Crippen LogP contribution in [0.2, 0.25) is 0 Å². The second-order valence-electron chi connectivity index (χ2n) is 2.39. The number of ether oxygens (including phenoxy) is 1. The van der Waals surface area contributed by atoms with Gasteiger partial charge < -0.3 is 4.74 Å². The summed E-state index contributed by atoms with van der Waals surface area (Å²) in [4.78, 5) is 0. The van der Waals surface area contributed by atoms with E-state index in [1.807, 2.05) is 0 Å². The molecule has 1 heterocycles. The Labute approximate surface area is 70.6 Å². The Kier molecular flexibility index (Phi) is 2.74. The number of nitrogens with zero attached hydrogens (tertiary/aromatic N) is 1. The minimum absolute atomic E-state index is 0.363. The zero-order valence-corrected chi connectivity index (χ0v) is 7.73. The molecule has 0 bridgehead atoms. The molecule has 0 aliphatic carbocycles. The maximum Gasteiger partial charge on any atom is 0.301 e. The van der Waals surface area contributed by atoms with Crippen LogP contribution < -0.4 is 0 Å². The molecule has 0 N–H and O–H groups in total. The molecule has 1 fully saturated rings. The molecule has 4 nitrogen and oxygen atoms in total. The summed E-state index contributed by atoms with van der Waals surface area (Å²) in [6.07, 6.45) is 1.17. The van der Waals surface area contributed by atoms with Gasteiger partial charge in [0.05, 0.1) is 0 Å². The standard InChI is InChI=1S/C5H10ClNO3S/c1-10-5-3-2-4-7(5)11(6,8)9/h5H,2-4H2,1H3. The first-order valence-electron chi connectivity index (χ1n) is 3.30. The van der Waals surface area contributed by atoms with Gasteiger partial charge in [0.2, 0.25) is 0 Å². The van der Waals surface area contributed by atoms with Gasteiger partial charge in [-0.1, -0.05) is 0 Å². The quantitative estimate of drug-likeness (QED) is 0.610. The lowest BCUT2D eigenvalue weighted by Crippen LogP contribution is -2.33. The summed E-state index contributed by atoms with van der Waals surface area (Å²) in [6, 6.07) is 0. The van der Waals surface area contributed by atoms with Crippen LogP contribution in [0.3, 0.4) is 0 Å². The first-order chi connectivity index (χ1) is 5.05. The van der Waals surface area contributed by atoms with Crippen LogP contribution >= 0.6 is 10.7 Å². The fourth-order valence-electron chi connectivity index (χ4n) is 1.19. The summed E-state index contributed by atoms with van der Waals surface area (Å²) in [5.41, 5.74) is 0. The van der Waals surface area contributed by atoms with Crippen molar-refractivity contribution in [3.8, 4) is 0 Å². The molecule has 0 spiro atoms. The Balaban J connectivity index is 2.72. The van der Waals surface area contributed by atoms with E-state index in [1.54, 1.807) is 0 Å². The van der Waals surface area contributed by atoms with Gasteiger partial charge in [-0.3, -0.25) is 0 Å². The molecular formula is C5H10ClNO3S. The highest BCUT2D eigenvalue weighted by atomic mass is 35.7. The van der Waals surface area contributed by atoms with Crippen LogP contribution in [0, 0.1) is 0 Å². The van der Waals surface area contributed by atoms with Crippen molar-refractivity contribution in [1.29, 1.82) is 0 Å². The van der Waals surface area contributed by atoms with E-state index >= 15 is 0 Å². The number of hydrogen-bond donors (Lipinski definition) is 0. The van der Waals surface area contributed by atoms with Crippen LogP contribution in [0.1, 0.15) is 12.8 Å². The van der Waals surface area contributed by atoms with Gasteiger partial charge in [0.15, 0.2) is 0 Å². The highest BCUT2D eigenvalue weighted by Crippen LogP contribution is 2.22. The average molecular weight is 200 g/mol. The van der Waals surface area contributed by atoms with Crippen molar-refractivity contribution >= 4 is 19.9 Å². The average Bonchev–Trinajstić information content (AvgIpc) is 2.31. The molecule has 0 saturated carbocycles. The molecule has 1 rings (SSSR count). The van der Waals surface area contributed by atoms with Crippen molar-refractivity contribution in [2.45, 2.75) is 19.1 Å². The third-order valence-corrected chi connectivity index (χ3v) is 3.21. The predicted octanol–water partition coefficient (Wildman–Crippen LogP) is 0.538. The van der Waals surface area contributed by atoms with E-state index in [4.69, 9.17) is 15.4 Å². The van der Waals surface area contributed by atoms with Gasteiger partial charge in [-0.2, -0.15) is 12.7 Å². The fourth-order valence-corrected chi connectivity index (χ4v) is 2.49. The van der Waals surface area contributed by atoms with E-state index < -0.39 is 9.24 Å². The summed E-state index contributed by atoms with van der Waals surface area (Å²) >= 11 is 0. The highest BCUT2D eigenvalue weighted by Gasteiger charge is 2.32. The normalized spacial score (nSPS) is 27.6. The summed E-state index contributed by atoms with van der Waals surface area (Å²) in [6.45, 7) is 0.463. The van der Waals surface area contributed by atoms with E-state index in [0.29, 0.717) is 6.54 Å². The third kappa shape index (κ3) is 2.05. The molecule has 0 aromatic carbocycles. The lowest BCUT2D eigenvalue weighted by atomic mass is 10.4. The van der Waals surface area contributed by atoms with Gasteiger partial charge in [-0.15, -0.1) is 0 Å². The van der Waals surface area contributed by atoms with Crippen molar-refractivity contribution < 1.29 is 13.2 Å². The number of rotatable bonds is 2. The summed E-state index contributed by atoms with van der Waals surface area (Å²) in [5, 5.41) is 0. The van der Waals surface area contributed by atoms with E-state index in [0.717, 1.165) is 17.1 Å². The van der Waals surface area contributed by atoms with Gasteiger partial charge >= 0.3 is 9.24 Å². The molecule has 11 heavy (non-hydrogen) atoms. The Morgan fingerprint density at radius 1 is 1.64 bits per heavy atom. The topological polar surface area (TPSA) is 46.6 Å². The second kappa shape index (κ2) is 3.26. The van der Waals surface area contributed by atoms with Crippen LogP contribution in [0.25, 0.3) is 0 Å². The smallest absolute Gasteiger partial charge is 0.301 e. The summed E-state index contributed by atoms with van der Waals surface area (Å²) in [7, 11) is 3.03. The molecule has 1 unspecified atom stereocenters. The minimum Gasteiger partial charge on any atom is -0.365 e. The lowest BCUT2D eigenvalue weighted by Gasteiger charge is -2.18. The van der Waals surface area contributed by atoms with Gasteiger partial charge in [0, 0.05) is 24.3 Å². The first-order valence-corrected chi connectivity index (χ1v) is 5.56. The Bertz CT molecular complexity index is 228. The molecule has 66 valence electrons. The van der Waals surface area contributed by atoms with Crippen LogP contribution in [0.5, 0.6) is 0 Å². The van der Waals surface area contributed by atoms with Crippen LogP contribution in [0.15, 0.2) is 0 Å². The summed E-state index contributed by atoms with van der Waals surface area (Å²) in [5.74, 6) is 0. The van der Waals surface area contributed by atoms with Crippen molar-refractivity contribution in [3.05, 3.63) is 0 Å². The van der Waals surface area contributed by atoms with Crippen molar-refractivity contribution in [3.63, 3.8) is 0 Å². The second-order valence-corrected chi connectivity index (χ2v) is 4.85. The highest BCUT2D eigenvalue weighted by molar-refractivity contribution is 8.11. The SMILES string of the molecule is COC1CCCN1S(=O)(=O)Cl. The molecule has 0 amide bonds. The number of hydrogen-bond acceptors (Lipinski definition) is 3. The summed E-state index contributed by atoms with van der Waals surface area (Å²) < 4.78 is 27.7. The molecule has 0 aromatic rings. The van der Waals surface area contributed by atoms with Crippen molar-refractivity contribution in [1.82, 2.24) is 4.31 Å². The minimum atomic E-state index is -3.58. The lowest BCUT2D eigenvalue weighted by molar-refractivity contribution is 0.0418. The maximum atomic E-state index is 10.8. The van der Waals surface area contributed by atoms with Crippen LogP contribution in [-0.4, -0.2) is 32.6 Å². The molecule has 1 aliphatic rings. The monoisotopic (exact) mass is 199 g/mol. The molecule has 1 aliphatic heterocycles. The Morgan fingerprint density at radius 3 is 2.64 bits per heavy atom. The van der Waals surface area contributed by atoms with Gasteiger partial charge in [0.1, 0.15) is 6.23 Å². The van der Waals surface area contributed by atoms with E-state index in [9.17, 15) is 8.42 Å². The van der Waals surface area contributed by atoms with Crippen LogP contribution in [-0.2, 0) is 14.0 Å². The molecular weight excluding hydrogens is 190 g/mol. The first kappa shape index (κ1) is 9.25. The van der Waals surface area contributed by atoms with E-state index in [2.05, 4.69) is 0 Å². The molecule has 1 saturated heterocycles. The van der Waals surface area contributed by atoms with Gasteiger partial charge in [0.25, 0.3) is 0 Å². The molecule has 6 heteroatoms. The molecule has 0 radical (unpaired) electrons. The zero-order chi connectivity index (χ0) is 8.48. The van der Waals surface area contributed by atoms with Gasteiger partial charge in [-0.25, -0.2) is 0 Å². The largest absolute Gasteiger partial charge is 0.365 e. The van der Waals surface area contributed by atoms with E-state index in [-0.39, 0.29) is 6.23 Å². The fraction of sp³-hybridized carbons (Fsp3) is 1.00. The van der Waals surface area contributed by atoms with Crippen molar-refractivity contribution in [2.75, 3.05) is 13.7 Å². The Morgan fingerprint density at radius 2 is 2.27 bits per heavy atom. The number of halogens is 1. The molecule has 1 atom stereocenters. The molecule has 0 aromatic heterocycles. The van der Waals surface area contributed by atoms with Crippen LogP contribution in [0.4, 0.5) is 0 Å². The predicted molar refractivity (Wildman–Crippen MR) is 41.5 cm³/mol. The Hall–Kier alpha value is 0.160. The van der Waals surface area contributed by atoms with Crippen molar-refractivity contribution in [2.24, 2.45) is 0 Å².